The Morgan fingerprint density at radius 1 is 0.875 bits per heavy atom. The molecule has 3 rings (SSSR count). The third-order valence-corrected chi connectivity index (χ3v) is 6.05. The zero-order chi connectivity index (χ0) is 17.1. The second-order valence-electron chi connectivity index (χ2n) is 8.29. The van der Waals surface area contributed by atoms with Crippen LogP contribution in [-0.2, 0) is 0 Å². The molecule has 1 aliphatic heterocycles. The third kappa shape index (κ3) is 4.08. The van der Waals surface area contributed by atoms with Crippen LogP contribution in [0.15, 0.2) is 12.4 Å². The summed E-state index contributed by atoms with van der Waals surface area (Å²) in [6.07, 6.45) is 9.65. The first-order valence-electron chi connectivity index (χ1n) is 9.85. The van der Waals surface area contributed by atoms with Gasteiger partial charge in [-0.3, -0.25) is 4.90 Å². The molecule has 24 heavy (non-hydrogen) atoms. The summed E-state index contributed by atoms with van der Waals surface area (Å²) >= 11 is 0. The molecule has 1 aromatic rings. The summed E-state index contributed by atoms with van der Waals surface area (Å²) in [6.45, 7) is 13.6. The predicted molar refractivity (Wildman–Crippen MR) is 100 cm³/mol. The molecule has 1 saturated heterocycles. The van der Waals surface area contributed by atoms with Crippen LogP contribution in [0.1, 0.15) is 65.1 Å². The Balaban J connectivity index is 1.49. The van der Waals surface area contributed by atoms with E-state index in [1.165, 1.54) is 44.5 Å². The number of nitrogens with zero attached hydrogens (tertiary/aromatic N) is 4. The van der Waals surface area contributed by atoms with Crippen molar-refractivity contribution in [2.75, 3.05) is 31.1 Å². The molecule has 4 nitrogen and oxygen atoms in total. The molecule has 134 valence electrons. The minimum absolute atomic E-state index is 0.400. The van der Waals surface area contributed by atoms with Gasteiger partial charge in [0.05, 0.1) is 18.1 Å². The normalized spacial score (nSPS) is 26.3. The molecular formula is C20H34N4. The first-order valence-corrected chi connectivity index (χ1v) is 9.85. The first kappa shape index (κ1) is 17.7. The molecule has 0 spiro atoms. The average Bonchev–Trinajstić information content (AvgIpc) is 2.62. The van der Waals surface area contributed by atoms with E-state index in [4.69, 9.17) is 0 Å². The maximum absolute atomic E-state index is 4.52. The molecule has 0 aromatic carbocycles. The maximum atomic E-state index is 4.52. The molecule has 2 heterocycles. The Hall–Kier alpha value is -1.16. The predicted octanol–water partition coefficient (Wildman–Crippen LogP) is 3.94. The molecule has 0 unspecified atom stereocenters. The van der Waals surface area contributed by atoms with Crippen LogP contribution in [-0.4, -0.2) is 47.1 Å². The van der Waals surface area contributed by atoms with Gasteiger partial charge in [0.1, 0.15) is 5.82 Å². The monoisotopic (exact) mass is 330 g/mol. The molecule has 2 aliphatic rings. The van der Waals surface area contributed by atoms with Gasteiger partial charge in [-0.25, -0.2) is 9.97 Å². The molecule has 0 atom stereocenters. The van der Waals surface area contributed by atoms with E-state index < -0.39 is 0 Å². The van der Waals surface area contributed by atoms with Crippen molar-refractivity contribution in [2.24, 2.45) is 11.8 Å². The molecule has 4 heteroatoms. The highest BCUT2D eigenvalue weighted by Gasteiger charge is 2.29. The summed E-state index contributed by atoms with van der Waals surface area (Å²) in [7, 11) is 0. The molecule has 1 aromatic heterocycles. The zero-order valence-corrected chi connectivity index (χ0v) is 15.9. The first-order chi connectivity index (χ1) is 11.5. The molecule has 0 bridgehead atoms. The van der Waals surface area contributed by atoms with Gasteiger partial charge in [0.15, 0.2) is 0 Å². The molecule has 0 radical (unpaired) electrons. The quantitative estimate of drug-likeness (QED) is 0.837. The average molecular weight is 331 g/mol. The summed E-state index contributed by atoms with van der Waals surface area (Å²) in [4.78, 5) is 14.2. The van der Waals surface area contributed by atoms with Gasteiger partial charge in [0, 0.05) is 38.1 Å². The smallest absolute Gasteiger partial charge is 0.130 e. The standard InChI is InChI=1S/C20H34N4/c1-15(2)17-5-7-18(8-6-17)23-9-11-24(12-10-23)19-13-21-20(16(3)4)22-14-19/h13-18H,5-12H2,1-4H3/t17-,18-. The lowest BCUT2D eigenvalue weighted by atomic mass is 9.79. The fourth-order valence-electron chi connectivity index (χ4n) is 4.27. The van der Waals surface area contributed by atoms with E-state index in [2.05, 4.69) is 47.5 Å². The van der Waals surface area contributed by atoms with Gasteiger partial charge < -0.3 is 4.90 Å². The SMILES string of the molecule is CC(C)c1ncc(N2CCN([C@H]3CC[C@H](C(C)C)CC3)CC2)cn1. The summed E-state index contributed by atoms with van der Waals surface area (Å²) < 4.78 is 0. The van der Waals surface area contributed by atoms with Crippen LogP contribution in [0.2, 0.25) is 0 Å². The van der Waals surface area contributed by atoms with Crippen molar-refractivity contribution in [3.63, 3.8) is 0 Å². The fourth-order valence-corrected chi connectivity index (χ4v) is 4.27. The second-order valence-corrected chi connectivity index (χ2v) is 8.29. The summed E-state index contributed by atoms with van der Waals surface area (Å²) in [6, 6.07) is 0.821. The zero-order valence-electron chi connectivity index (χ0n) is 15.9. The Morgan fingerprint density at radius 3 is 1.96 bits per heavy atom. The number of piperazine rings is 1. The highest BCUT2D eigenvalue weighted by Crippen LogP contribution is 2.32. The second kappa shape index (κ2) is 7.81. The van der Waals surface area contributed by atoms with Crippen molar-refractivity contribution in [3.8, 4) is 0 Å². The van der Waals surface area contributed by atoms with Gasteiger partial charge in [-0.05, 0) is 37.5 Å². The van der Waals surface area contributed by atoms with Crippen LogP contribution in [0, 0.1) is 11.8 Å². The van der Waals surface area contributed by atoms with Gasteiger partial charge >= 0.3 is 0 Å². The van der Waals surface area contributed by atoms with Gasteiger partial charge in [0.2, 0.25) is 0 Å². The Labute approximate surface area is 147 Å². The van der Waals surface area contributed by atoms with Crippen molar-refractivity contribution < 1.29 is 0 Å². The molecule has 2 fully saturated rings. The van der Waals surface area contributed by atoms with Crippen LogP contribution in [0.3, 0.4) is 0 Å². The van der Waals surface area contributed by atoms with Crippen molar-refractivity contribution in [1.29, 1.82) is 0 Å². The molecule has 1 saturated carbocycles. The number of aromatic nitrogens is 2. The lowest BCUT2D eigenvalue weighted by Gasteiger charge is -2.43. The van der Waals surface area contributed by atoms with Gasteiger partial charge in [-0.15, -0.1) is 0 Å². The molecular weight excluding hydrogens is 296 g/mol. The lowest BCUT2D eigenvalue weighted by molar-refractivity contribution is 0.117. The number of rotatable bonds is 4. The van der Waals surface area contributed by atoms with Gasteiger partial charge in [-0.1, -0.05) is 27.7 Å². The van der Waals surface area contributed by atoms with Crippen molar-refractivity contribution in [3.05, 3.63) is 18.2 Å². The van der Waals surface area contributed by atoms with Gasteiger partial charge in [-0.2, -0.15) is 0 Å². The van der Waals surface area contributed by atoms with Crippen molar-refractivity contribution in [1.82, 2.24) is 14.9 Å². The number of anilines is 1. The maximum Gasteiger partial charge on any atom is 0.130 e. The summed E-state index contributed by atoms with van der Waals surface area (Å²) in [5.41, 5.74) is 1.18. The van der Waals surface area contributed by atoms with E-state index in [0.29, 0.717) is 5.92 Å². The van der Waals surface area contributed by atoms with E-state index in [9.17, 15) is 0 Å². The Kier molecular flexibility index (Phi) is 5.75. The summed E-state index contributed by atoms with van der Waals surface area (Å²) in [5.74, 6) is 3.16. The van der Waals surface area contributed by atoms with Crippen molar-refractivity contribution in [2.45, 2.75) is 65.3 Å². The highest BCUT2D eigenvalue weighted by molar-refractivity contribution is 5.42. The van der Waals surface area contributed by atoms with E-state index >= 15 is 0 Å². The minimum atomic E-state index is 0.400. The molecule has 0 amide bonds. The van der Waals surface area contributed by atoms with Crippen LogP contribution < -0.4 is 4.90 Å². The third-order valence-electron chi connectivity index (χ3n) is 6.05. The van der Waals surface area contributed by atoms with Crippen LogP contribution in [0.5, 0.6) is 0 Å². The minimum Gasteiger partial charge on any atom is -0.366 e. The molecule has 1 aliphatic carbocycles. The topological polar surface area (TPSA) is 32.3 Å². The summed E-state index contributed by atoms with van der Waals surface area (Å²) in [5, 5.41) is 0. The lowest BCUT2D eigenvalue weighted by Crippen LogP contribution is -2.51. The van der Waals surface area contributed by atoms with E-state index in [0.717, 1.165) is 36.8 Å². The van der Waals surface area contributed by atoms with Crippen LogP contribution in [0.25, 0.3) is 0 Å². The van der Waals surface area contributed by atoms with Crippen LogP contribution in [0.4, 0.5) is 5.69 Å². The van der Waals surface area contributed by atoms with E-state index in [-0.39, 0.29) is 0 Å². The Morgan fingerprint density at radius 2 is 1.46 bits per heavy atom. The van der Waals surface area contributed by atoms with Crippen LogP contribution >= 0.6 is 0 Å². The largest absolute Gasteiger partial charge is 0.366 e. The highest BCUT2D eigenvalue weighted by atomic mass is 15.3. The van der Waals surface area contributed by atoms with Crippen molar-refractivity contribution >= 4 is 5.69 Å². The van der Waals surface area contributed by atoms with Gasteiger partial charge in [0.25, 0.3) is 0 Å². The number of hydrogen-bond acceptors (Lipinski definition) is 4. The fraction of sp³-hybridized carbons (Fsp3) is 0.800. The molecule has 0 N–H and O–H groups in total. The number of hydrogen-bond donors (Lipinski definition) is 0. The Bertz CT molecular complexity index is 495. The van der Waals surface area contributed by atoms with E-state index in [1.54, 1.807) is 0 Å². The van der Waals surface area contributed by atoms with E-state index in [1.807, 2.05) is 12.4 Å².